The molecule has 0 heterocycles. The Kier molecular flexibility index (Phi) is 4.65. The Morgan fingerprint density at radius 1 is 1.29 bits per heavy atom. The van der Waals surface area contributed by atoms with Crippen molar-refractivity contribution in [3.63, 3.8) is 0 Å². The lowest BCUT2D eigenvalue weighted by atomic mass is 9.48. The van der Waals surface area contributed by atoms with Crippen molar-refractivity contribution in [1.82, 2.24) is 0 Å². The zero-order chi connectivity index (χ0) is 20.3. The summed E-state index contributed by atoms with van der Waals surface area (Å²) in [5.74, 6) is 0.478. The Morgan fingerprint density at radius 2 is 2.04 bits per heavy atom. The lowest BCUT2D eigenvalue weighted by molar-refractivity contribution is -0.152. The number of aliphatic hydroxyl groups excluding tert-OH is 1. The summed E-state index contributed by atoms with van der Waals surface area (Å²) in [5, 5.41) is 10.7. The van der Waals surface area contributed by atoms with Crippen LogP contribution in [0.3, 0.4) is 0 Å². The van der Waals surface area contributed by atoms with Crippen LogP contribution >= 0.6 is 0 Å². The normalized spacial score (nSPS) is 42.9. The lowest BCUT2D eigenvalue weighted by Gasteiger charge is -2.55. The van der Waals surface area contributed by atoms with Crippen LogP contribution in [0.5, 0.6) is 0 Å². The topological polar surface area (TPSA) is 80.7 Å². The van der Waals surface area contributed by atoms with Crippen LogP contribution in [0.25, 0.3) is 0 Å². The highest BCUT2D eigenvalue weighted by Crippen LogP contribution is 2.64. The maximum Gasteiger partial charge on any atom is 0.302 e. The fraction of sp³-hybridized carbons (Fsp3) is 0.696. The Morgan fingerprint density at radius 3 is 2.75 bits per heavy atom. The molecule has 0 aromatic heterocycles. The van der Waals surface area contributed by atoms with E-state index in [1.54, 1.807) is 6.08 Å². The van der Waals surface area contributed by atoms with Crippen molar-refractivity contribution in [3.8, 4) is 0 Å². The molecule has 1 N–H and O–H groups in total. The van der Waals surface area contributed by atoms with Gasteiger partial charge in [0.2, 0.25) is 0 Å². The van der Waals surface area contributed by atoms with Gasteiger partial charge < -0.3 is 9.84 Å². The number of rotatable bonds is 3. The Hall–Kier alpha value is -1.75. The fourth-order valence-electron chi connectivity index (χ4n) is 6.70. The van der Waals surface area contributed by atoms with Gasteiger partial charge in [-0.25, -0.2) is 0 Å². The number of hydrogen-bond donors (Lipinski definition) is 1. The minimum atomic E-state index is -0.815. The van der Waals surface area contributed by atoms with E-state index < -0.39 is 17.5 Å². The SMILES string of the molecule is CC(=O)OCC(O)C1CCC2C3C=CC4=CC(=O)CCC4(C)C3CC(=O)C12C. The third-order valence-corrected chi connectivity index (χ3v) is 8.37. The minimum Gasteiger partial charge on any atom is -0.463 e. The fourth-order valence-corrected chi connectivity index (χ4v) is 6.70. The van der Waals surface area contributed by atoms with E-state index >= 15 is 0 Å². The number of esters is 1. The quantitative estimate of drug-likeness (QED) is 0.754. The number of carbonyl (C=O) groups excluding carboxylic acids is 3. The standard InChI is InChI=1S/C23H30O5/c1-13(24)28-12-20(26)18-7-6-17-16-5-4-14-10-15(25)8-9-22(14,2)19(16)11-21(27)23(17,18)3/h4-5,10,16-20,26H,6-9,11-12H2,1-3H3. The largest absolute Gasteiger partial charge is 0.463 e. The van der Waals surface area contributed by atoms with E-state index in [1.807, 2.05) is 6.92 Å². The van der Waals surface area contributed by atoms with E-state index in [0.717, 1.165) is 24.8 Å². The first kappa shape index (κ1) is 19.6. The molecule has 0 saturated heterocycles. The highest BCUT2D eigenvalue weighted by atomic mass is 16.5. The molecule has 0 aromatic rings. The van der Waals surface area contributed by atoms with Crippen LogP contribution in [0, 0.1) is 34.5 Å². The number of hydrogen-bond acceptors (Lipinski definition) is 5. The van der Waals surface area contributed by atoms with Gasteiger partial charge in [-0.2, -0.15) is 0 Å². The van der Waals surface area contributed by atoms with Crippen molar-refractivity contribution in [2.24, 2.45) is 34.5 Å². The van der Waals surface area contributed by atoms with Gasteiger partial charge in [0.1, 0.15) is 12.4 Å². The molecule has 4 rings (SSSR count). The summed E-state index contributed by atoms with van der Waals surface area (Å²) in [5.41, 5.74) is 0.358. The number of carbonyl (C=O) groups is 3. The molecule has 2 fully saturated rings. The predicted molar refractivity (Wildman–Crippen MR) is 103 cm³/mol. The molecule has 4 aliphatic rings. The number of ketones is 2. The molecule has 0 spiro atoms. The maximum absolute atomic E-state index is 13.5. The summed E-state index contributed by atoms with van der Waals surface area (Å²) in [6, 6.07) is 0. The van der Waals surface area contributed by atoms with Crippen molar-refractivity contribution in [1.29, 1.82) is 0 Å². The summed E-state index contributed by atoms with van der Waals surface area (Å²) in [7, 11) is 0. The second kappa shape index (κ2) is 6.65. The van der Waals surface area contributed by atoms with Gasteiger partial charge in [0.25, 0.3) is 0 Å². The third-order valence-electron chi connectivity index (χ3n) is 8.37. The summed E-state index contributed by atoms with van der Waals surface area (Å²) in [4.78, 5) is 36.5. The van der Waals surface area contributed by atoms with Crippen molar-refractivity contribution in [2.45, 2.75) is 59.0 Å². The highest BCUT2D eigenvalue weighted by Gasteiger charge is 2.62. The van der Waals surface area contributed by atoms with Gasteiger partial charge in [0.05, 0.1) is 6.10 Å². The van der Waals surface area contributed by atoms with Gasteiger partial charge in [0.15, 0.2) is 5.78 Å². The number of aliphatic hydroxyl groups is 1. The summed E-state index contributed by atoms with van der Waals surface area (Å²) >= 11 is 0. The zero-order valence-corrected chi connectivity index (χ0v) is 16.9. The van der Waals surface area contributed by atoms with Crippen LogP contribution < -0.4 is 0 Å². The number of Topliss-reactive ketones (excluding diaryl/α,β-unsaturated/α-hetero) is 1. The van der Waals surface area contributed by atoms with Crippen molar-refractivity contribution in [3.05, 3.63) is 23.8 Å². The van der Waals surface area contributed by atoms with Crippen molar-refractivity contribution in [2.75, 3.05) is 6.61 Å². The molecule has 0 amide bonds. The smallest absolute Gasteiger partial charge is 0.302 e. The number of allylic oxidation sites excluding steroid dienone is 4. The van der Waals surface area contributed by atoms with Gasteiger partial charge in [-0.05, 0) is 54.1 Å². The van der Waals surface area contributed by atoms with Gasteiger partial charge in [-0.3, -0.25) is 14.4 Å². The molecule has 152 valence electrons. The van der Waals surface area contributed by atoms with Crippen LogP contribution in [0.1, 0.15) is 52.9 Å². The third kappa shape index (κ3) is 2.73. The summed E-state index contributed by atoms with van der Waals surface area (Å²) < 4.78 is 5.03. The number of fused-ring (bicyclic) bond motifs is 5. The van der Waals surface area contributed by atoms with Crippen molar-refractivity contribution < 1.29 is 24.2 Å². The van der Waals surface area contributed by atoms with E-state index in [9.17, 15) is 19.5 Å². The molecule has 5 nitrogen and oxygen atoms in total. The first-order chi connectivity index (χ1) is 13.2. The molecule has 5 heteroatoms. The van der Waals surface area contributed by atoms with Crippen LogP contribution in [0.15, 0.2) is 23.8 Å². The van der Waals surface area contributed by atoms with Crippen LogP contribution in [-0.4, -0.2) is 35.4 Å². The molecule has 4 aliphatic carbocycles. The van der Waals surface area contributed by atoms with Crippen LogP contribution in [0.2, 0.25) is 0 Å². The summed E-state index contributed by atoms with van der Waals surface area (Å²) in [6.45, 7) is 5.50. The van der Waals surface area contributed by atoms with E-state index in [-0.39, 0.29) is 47.3 Å². The van der Waals surface area contributed by atoms with E-state index in [0.29, 0.717) is 12.8 Å². The van der Waals surface area contributed by atoms with E-state index in [2.05, 4.69) is 19.1 Å². The molecule has 0 bridgehead atoms. The summed E-state index contributed by atoms with van der Waals surface area (Å²) in [6.07, 6.45) is 8.79. The van der Waals surface area contributed by atoms with Gasteiger partial charge in [-0.1, -0.05) is 26.0 Å². The van der Waals surface area contributed by atoms with E-state index in [4.69, 9.17) is 4.74 Å². The van der Waals surface area contributed by atoms with Gasteiger partial charge in [-0.15, -0.1) is 0 Å². The average Bonchev–Trinajstić information content (AvgIpc) is 3.00. The Bertz CT molecular complexity index is 780. The Balaban J connectivity index is 1.65. The second-order valence-corrected chi connectivity index (χ2v) is 9.60. The molecular formula is C23H30O5. The molecule has 2 saturated carbocycles. The van der Waals surface area contributed by atoms with Crippen LogP contribution in [-0.2, 0) is 19.1 Å². The van der Waals surface area contributed by atoms with E-state index in [1.165, 1.54) is 6.92 Å². The zero-order valence-electron chi connectivity index (χ0n) is 16.9. The molecule has 0 aromatic carbocycles. The molecular weight excluding hydrogens is 356 g/mol. The first-order valence-corrected chi connectivity index (χ1v) is 10.5. The molecule has 7 atom stereocenters. The molecule has 0 aliphatic heterocycles. The molecule has 28 heavy (non-hydrogen) atoms. The lowest BCUT2D eigenvalue weighted by Crippen LogP contribution is -2.55. The van der Waals surface area contributed by atoms with Crippen molar-refractivity contribution >= 4 is 17.5 Å². The predicted octanol–water partition coefficient (Wildman–Crippen LogP) is 3.01. The molecule has 0 radical (unpaired) electrons. The van der Waals surface area contributed by atoms with Crippen LogP contribution in [0.4, 0.5) is 0 Å². The molecule has 7 unspecified atom stereocenters. The number of ether oxygens (including phenoxy) is 1. The maximum atomic E-state index is 13.5. The highest BCUT2D eigenvalue weighted by molar-refractivity contribution is 5.92. The Labute approximate surface area is 166 Å². The minimum absolute atomic E-state index is 0.0494. The van der Waals surface area contributed by atoms with Gasteiger partial charge in [0, 0.05) is 31.1 Å². The second-order valence-electron chi connectivity index (χ2n) is 9.60. The first-order valence-electron chi connectivity index (χ1n) is 10.5. The average molecular weight is 386 g/mol. The monoisotopic (exact) mass is 386 g/mol. The van der Waals surface area contributed by atoms with Gasteiger partial charge >= 0.3 is 5.97 Å².